The third kappa shape index (κ3) is 2.58. The van der Waals surface area contributed by atoms with Crippen molar-refractivity contribution in [3.8, 4) is 0 Å². The zero-order valence-corrected chi connectivity index (χ0v) is 11.5. The second-order valence-corrected chi connectivity index (χ2v) is 5.57. The Labute approximate surface area is 113 Å². The molecule has 5 heteroatoms. The van der Waals surface area contributed by atoms with Crippen LogP contribution in [0.25, 0.3) is 0 Å². The van der Waals surface area contributed by atoms with Gasteiger partial charge >= 0.3 is 0 Å². The van der Waals surface area contributed by atoms with Gasteiger partial charge in [-0.15, -0.1) is 0 Å². The highest BCUT2D eigenvalue weighted by molar-refractivity contribution is 5.46. The van der Waals surface area contributed by atoms with E-state index in [1.165, 1.54) is 30.5 Å². The fourth-order valence-electron chi connectivity index (χ4n) is 3.05. The van der Waals surface area contributed by atoms with Crippen molar-refractivity contribution in [2.24, 2.45) is 5.84 Å². The summed E-state index contributed by atoms with van der Waals surface area (Å²) in [6, 6.07) is 0. The Morgan fingerprint density at radius 2 is 2.00 bits per heavy atom. The molecule has 1 aromatic rings. The Bertz CT molecular complexity index is 463. The van der Waals surface area contributed by atoms with Crippen molar-refractivity contribution < 1.29 is 4.74 Å². The smallest absolute Gasteiger partial charge is 0.159 e. The normalized spacial score (nSPS) is 26.8. The van der Waals surface area contributed by atoms with Crippen LogP contribution in [-0.4, -0.2) is 16.1 Å². The van der Waals surface area contributed by atoms with Crippen LogP contribution < -0.4 is 11.3 Å². The summed E-state index contributed by atoms with van der Waals surface area (Å²) >= 11 is 0. The highest BCUT2D eigenvalue weighted by Crippen LogP contribution is 2.33. The molecule has 1 fully saturated rings. The minimum absolute atomic E-state index is 0.0376. The van der Waals surface area contributed by atoms with Crippen LogP contribution in [0.15, 0.2) is 0 Å². The number of fused-ring (bicyclic) bond motifs is 1. The van der Waals surface area contributed by atoms with Gasteiger partial charge in [-0.1, -0.05) is 6.42 Å². The third-order valence-corrected chi connectivity index (χ3v) is 4.11. The molecule has 5 nitrogen and oxygen atoms in total. The second kappa shape index (κ2) is 5.43. The van der Waals surface area contributed by atoms with Gasteiger partial charge in [0.2, 0.25) is 0 Å². The molecule has 0 amide bonds. The minimum atomic E-state index is 0.0376. The summed E-state index contributed by atoms with van der Waals surface area (Å²) in [5, 5.41) is 0. The molecule has 0 saturated carbocycles. The minimum Gasteiger partial charge on any atom is -0.367 e. The molecule has 2 atom stereocenters. The molecular weight excluding hydrogens is 240 g/mol. The van der Waals surface area contributed by atoms with Crippen molar-refractivity contribution >= 4 is 5.82 Å². The summed E-state index contributed by atoms with van der Waals surface area (Å²) in [6.45, 7) is 2.10. The predicted octanol–water partition coefficient (Wildman–Crippen LogP) is 2.27. The van der Waals surface area contributed by atoms with Crippen molar-refractivity contribution in [3.63, 3.8) is 0 Å². The van der Waals surface area contributed by atoms with Crippen LogP contribution in [0.3, 0.4) is 0 Å². The maximum absolute atomic E-state index is 5.88. The van der Waals surface area contributed by atoms with E-state index in [4.69, 9.17) is 15.6 Å². The van der Waals surface area contributed by atoms with Gasteiger partial charge in [0, 0.05) is 11.3 Å². The number of aromatic nitrogens is 2. The van der Waals surface area contributed by atoms with Gasteiger partial charge in [-0.05, 0) is 45.4 Å². The average Bonchev–Trinajstić information content (AvgIpc) is 2.72. The lowest BCUT2D eigenvalue weighted by atomic mass is 10.1. The van der Waals surface area contributed by atoms with Gasteiger partial charge in [0.1, 0.15) is 11.9 Å². The number of ether oxygens (including phenoxy) is 1. The summed E-state index contributed by atoms with van der Waals surface area (Å²) in [4.78, 5) is 9.36. The summed E-state index contributed by atoms with van der Waals surface area (Å²) in [7, 11) is 0. The van der Waals surface area contributed by atoms with Gasteiger partial charge in [0.25, 0.3) is 0 Å². The number of hydrazine groups is 1. The molecule has 0 radical (unpaired) electrons. The van der Waals surface area contributed by atoms with Gasteiger partial charge in [-0.2, -0.15) is 0 Å². The number of nitrogens with one attached hydrogen (secondary N) is 1. The van der Waals surface area contributed by atoms with Crippen LogP contribution in [0.1, 0.15) is 62.2 Å². The number of rotatable bonds is 2. The number of nitrogen functional groups attached to an aromatic ring is 1. The molecule has 3 rings (SSSR count). The maximum atomic E-state index is 5.88. The van der Waals surface area contributed by atoms with E-state index in [0.717, 1.165) is 37.3 Å². The van der Waals surface area contributed by atoms with Crippen LogP contribution in [-0.2, 0) is 17.6 Å². The van der Waals surface area contributed by atoms with Gasteiger partial charge in [0.05, 0.1) is 6.10 Å². The lowest BCUT2D eigenvalue weighted by molar-refractivity contribution is 0.0502. The van der Waals surface area contributed by atoms with E-state index >= 15 is 0 Å². The molecule has 2 unspecified atom stereocenters. The highest BCUT2D eigenvalue weighted by Gasteiger charge is 2.27. The number of nitrogens with two attached hydrogens (primary N) is 1. The highest BCUT2D eigenvalue weighted by atomic mass is 16.5. The molecule has 1 aliphatic heterocycles. The van der Waals surface area contributed by atoms with E-state index in [1.54, 1.807) is 0 Å². The zero-order valence-electron chi connectivity index (χ0n) is 11.5. The molecule has 1 aliphatic carbocycles. The SMILES string of the molecule is CC1CCC(c2nc3c(c(NN)n2)CCCCC3)O1. The zero-order chi connectivity index (χ0) is 13.2. The molecule has 0 bridgehead atoms. The van der Waals surface area contributed by atoms with E-state index in [2.05, 4.69) is 17.3 Å². The fourth-order valence-corrected chi connectivity index (χ4v) is 3.05. The number of hydrogen-bond donors (Lipinski definition) is 2. The third-order valence-electron chi connectivity index (χ3n) is 4.11. The summed E-state index contributed by atoms with van der Waals surface area (Å²) < 4.78 is 5.88. The first-order valence-corrected chi connectivity index (χ1v) is 7.29. The van der Waals surface area contributed by atoms with E-state index in [0.29, 0.717) is 6.10 Å². The topological polar surface area (TPSA) is 73.1 Å². The van der Waals surface area contributed by atoms with Crippen LogP contribution in [0.5, 0.6) is 0 Å². The quantitative estimate of drug-likeness (QED) is 0.486. The molecule has 0 spiro atoms. The Morgan fingerprint density at radius 1 is 1.16 bits per heavy atom. The first kappa shape index (κ1) is 12.8. The standard InChI is InChI=1S/C14H22N4O/c1-9-7-8-12(19-9)14-16-11-6-4-2-3-5-10(11)13(17-14)18-15/h9,12H,2-8,15H2,1H3,(H,16,17,18). The monoisotopic (exact) mass is 262 g/mol. The van der Waals surface area contributed by atoms with Crippen molar-refractivity contribution in [1.29, 1.82) is 0 Å². The van der Waals surface area contributed by atoms with E-state index < -0.39 is 0 Å². The fraction of sp³-hybridized carbons (Fsp3) is 0.714. The van der Waals surface area contributed by atoms with Crippen molar-refractivity contribution in [3.05, 3.63) is 17.1 Å². The van der Waals surface area contributed by atoms with Gasteiger partial charge < -0.3 is 10.2 Å². The average molecular weight is 262 g/mol. The predicted molar refractivity (Wildman–Crippen MR) is 73.6 cm³/mol. The summed E-state index contributed by atoms with van der Waals surface area (Å²) in [6.07, 6.45) is 8.14. The molecule has 2 heterocycles. The van der Waals surface area contributed by atoms with E-state index in [1.807, 2.05) is 0 Å². The molecule has 19 heavy (non-hydrogen) atoms. The van der Waals surface area contributed by atoms with Gasteiger partial charge in [-0.3, -0.25) is 0 Å². The van der Waals surface area contributed by atoms with Crippen LogP contribution in [0.4, 0.5) is 5.82 Å². The Hall–Kier alpha value is -1.20. The largest absolute Gasteiger partial charge is 0.367 e. The first-order valence-electron chi connectivity index (χ1n) is 7.29. The first-order chi connectivity index (χ1) is 9.28. The van der Waals surface area contributed by atoms with Crippen molar-refractivity contribution in [2.75, 3.05) is 5.43 Å². The second-order valence-electron chi connectivity index (χ2n) is 5.57. The van der Waals surface area contributed by atoms with Gasteiger partial charge in [0.15, 0.2) is 5.82 Å². The molecule has 3 N–H and O–H groups in total. The number of nitrogens with zero attached hydrogens (tertiary/aromatic N) is 2. The van der Waals surface area contributed by atoms with Crippen molar-refractivity contribution in [1.82, 2.24) is 9.97 Å². The van der Waals surface area contributed by atoms with Crippen molar-refractivity contribution in [2.45, 2.75) is 64.1 Å². The summed E-state index contributed by atoms with van der Waals surface area (Å²) in [5.74, 6) is 7.24. The van der Waals surface area contributed by atoms with E-state index in [-0.39, 0.29) is 6.10 Å². The van der Waals surface area contributed by atoms with Crippen LogP contribution in [0, 0.1) is 0 Å². The Balaban J connectivity index is 1.95. The molecule has 0 aromatic carbocycles. The van der Waals surface area contributed by atoms with Crippen LogP contribution >= 0.6 is 0 Å². The molecular formula is C14H22N4O. The molecule has 2 aliphatic rings. The molecule has 1 aromatic heterocycles. The Morgan fingerprint density at radius 3 is 2.74 bits per heavy atom. The molecule has 104 valence electrons. The molecule has 1 saturated heterocycles. The number of anilines is 1. The maximum Gasteiger partial charge on any atom is 0.159 e. The lowest BCUT2D eigenvalue weighted by Crippen LogP contribution is -2.17. The summed E-state index contributed by atoms with van der Waals surface area (Å²) in [5.41, 5.74) is 5.12. The lowest BCUT2D eigenvalue weighted by Gasteiger charge is -2.16. The van der Waals surface area contributed by atoms with Crippen LogP contribution in [0.2, 0.25) is 0 Å². The van der Waals surface area contributed by atoms with Gasteiger partial charge in [-0.25, -0.2) is 15.8 Å². The van der Waals surface area contributed by atoms with E-state index in [9.17, 15) is 0 Å². The number of hydrogen-bond acceptors (Lipinski definition) is 5. The Kier molecular flexibility index (Phi) is 3.66. The number of aryl methyl sites for hydroxylation is 1.